The summed E-state index contributed by atoms with van der Waals surface area (Å²) in [5, 5.41) is 0.367. The van der Waals surface area contributed by atoms with Crippen molar-refractivity contribution >= 4 is 23.1 Å². The lowest BCUT2D eigenvalue weighted by molar-refractivity contribution is 0.103. The Balaban J connectivity index is 2.49. The van der Waals surface area contributed by atoms with Crippen molar-refractivity contribution in [2.45, 2.75) is 0 Å². The van der Waals surface area contributed by atoms with Gasteiger partial charge in [0.15, 0.2) is 5.78 Å². The van der Waals surface area contributed by atoms with Crippen molar-refractivity contribution in [3.05, 3.63) is 52.5 Å². The Labute approximate surface area is 122 Å². The SMILES string of the molecule is COc1ccc(C(=O)c2c(N)cccc2OC)cc1Cl. The molecule has 0 heterocycles. The number of ketones is 1. The first kappa shape index (κ1) is 14.2. The Hall–Kier alpha value is -2.20. The summed E-state index contributed by atoms with van der Waals surface area (Å²) < 4.78 is 10.2. The number of ether oxygens (including phenoxy) is 2. The monoisotopic (exact) mass is 291 g/mol. The van der Waals surface area contributed by atoms with Crippen LogP contribution in [0.3, 0.4) is 0 Å². The molecule has 2 aromatic carbocycles. The van der Waals surface area contributed by atoms with E-state index in [1.807, 2.05) is 0 Å². The second-order valence-corrected chi connectivity index (χ2v) is 4.51. The highest BCUT2D eigenvalue weighted by Gasteiger charge is 2.18. The van der Waals surface area contributed by atoms with Gasteiger partial charge >= 0.3 is 0 Å². The third-order valence-electron chi connectivity index (χ3n) is 2.92. The van der Waals surface area contributed by atoms with Gasteiger partial charge in [-0.2, -0.15) is 0 Å². The van der Waals surface area contributed by atoms with Crippen molar-refractivity contribution in [2.24, 2.45) is 0 Å². The molecule has 0 aromatic heterocycles. The van der Waals surface area contributed by atoms with Crippen molar-refractivity contribution in [3.8, 4) is 11.5 Å². The highest BCUT2D eigenvalue weighted by atomic mass is 35.5. The molecule has 0 fully saturated rings. The number of carbonyl (C=O) groups excluding carboxylic acids is 1. The molecule has 0 spiro atoms. The summed E-state index contributed by atoms with van der Waals surface area (Å²) in [5.74, 6) is 0.697. The summed E-state index contributed by atoms with van der Waals surface area (Å²) in [6.45, 7) is 0. The maximum atomic E-state index is 12.5. The molecular weight excluding hydrogens is 278 g/mol. The molecule has 0 bridgehead atoms. The van der Waals surface area contributed by atoms with Crippen LogP contribution in [0.1, 0.15) is 15.9 Å². The van der Waals surface area contributed by atoms with Crippen LogP contribution < -0.4 is 15.2 Å². The van der Waals surface area contributed by atoms with Gasteiger partial charge in [0.2, 0.25) is 0 Å². The van der Waals surface area contributed by atoms with Crippen LogP contribution in [0.25, 0.3) is 0 Å². The zero-order chi connectivity index (χ0) is 14.7. The standard InChI is InChI=1S/C15H14ClNO3/c1-19-12-7-6-9(8-10(12)16)15(18)14-11(17)4-3-5-13(14)20-2/h3-8H,17H2,1-2H3. The Kier molecular flexibility index (Phi) is 4.15. The molecular formula is C15H14ClNO3. The smallest absolute Gasteiger partial charge is 0.198 e. The fraction of sp³-hybridized carbons (Fsp3) is 0.133. The highest BCUT2D eigenvalue weighted by molar-refractivity contribution is 6.32. The van der Waals surface area contributed by atoms with Crippen molar-refractivity contribution in [1.82, 2.24) is 0 Å². The van der Waals surface area contributed by atoms with E-state index in [0.29, 0.717) is 33.3 Å². The lowest BCUT2D eigenvalue weighted by Crippen LogP contribution is -2.07. The van der Waals surface area contributed by atoms with E-state index in [0.717, 1.165) is 0 Å². The van der Waals surface area contributed by atoms with E-state index in [1.54, 1.807) is 36.4 Å². The summed E-state index contributed by atoms with van der Waals surface area (Å²) >= 11 is 6.03. The number of carbonyl (C=O) groups is 1. The topological polar surface area (TPSA) is 61.5 Å². The lowest BCUT2D eigenvalue weighted by atomic mass is 10.0. The number of nitrogen functional groups attached to an aromatic ring is 1. The molecule has 0 unspecified atom stereocenters. The second-order valence-electron chi connectivity index (χ2n) is 4.10. The number of anilines is 1. The van der Waals surface area contributed by atoms with Crippen molar-refractivity contribution in [1.29, 1.82) is 0 Å². The lowest BCUT2D eigenvalue weighted by Gasteiger charge is -2.11. The van der Waals surface area contributed by atoms with Crippen LogP contribution in [-0.2, 0) is 0 Å². The Morgan fingerprint density at radius 2 is 1.80 bits per heavy atom. The van der Waals surface area contributed by atoms with Gasteiger partial charge in [0, 0.05) is 11.3 Å². The zero-order valence-electron chi connectivity index (χ0n) is 11.1. The molecule has 2 rings (SSSR count). The molecule has 0 atom stereocenters. The highest BCUT2D eigenvalue weighted by Crippen LogP contribution is 2.30. The van der Waals surface area contributed by atoms with Gasteiger partial charge in [0.1, 0.15) is 11.5 Å². The van der Waals surface area contributed by atoms with Gasteiger partial charge in [0.25, 0.3) is 0 Å². The van der Waals surface area contributed by atoms with E-state index >= 15 is 0 Å². The van der Waals surface area contributed by atoms with Gasteiger partial charge in [-0.1, -0.05) is 17.7 Å². The molecule has 4 nitrogen and oxygen atoms in total. The van der Waals surface area contributed by atoms with Crippen molar-refractivity contribution in [2.75, 3.05) is 20.0 Å². The second kappa shape index (κ2) is 5.84. The molecule has 0 aliphatic carbocycles. The molecule has 2 aromatic rings. The van der Waals surface area contributed by atoms with Crippen LogP contribution in [0.4, 0.5) is 5.69 Å². The number of nitrogens with two attached hydrogens (primary N) is 1. The quantitative estimate of drug-likeness (QED) is 0.694. The molecule has 2 N–H and O–H groups in total. The summed E-state index contributed by atoms with van der Waals surface area (Å²) in [6.07, 6.45) is 0. The largest absolute Gasteiger partial charge is 0.496 e. The fourth-order valence-electron chi connectivity index (χ4n) is 1.91. The summed E-state index contributed by atoms with van der Waals surface area (Å²) in [4.78, 5) is 12.5. The normalized spacial score (nSPS) is 10.2. The predicted molar refractivity (Wildman–Crippen MR) is 78.8 cm³/mol. The molecule has 5 heteroatoms. The number of rotatable bonds is 4. The first-order valence-corrected chi connectivity index (χ1v) is 6.27. The van der Waals surface area contributed by atoms with Gasteiger partial charge in [-0.05, 0) is 30.3 Å². The van der Waals surface area contributed by atoms with Crippen LogP contribution >= 0.6 is 11.6 Å². The van der Waals surface area contributed by atoms with Gasteiger partial charge < -0.3 is 15.2 Å². The Morgan fingerprint density at radius 1 is 1.10 bits per heavy atom. The van der Waals surface area contributed by atoms with E-state index in [-0.39, 0.29) is 5.78 Å². The molecule has 20 heavy (non-hydrogen) atoms. The first-order chi connectivity index (χ1) is 9.58. The van der Waals surface area contributed by atoms with Gasteiger partial charge in [0.05, 0.1) is 24.8 Å². The first-order valence-electron chi connectivity index (χ1n) is 5.89. The number of hydrogen-bond donors (Lipinski definition) is 1. The average molecular weight is 292 g/mol. The Morgan fingerprint density at radius 3 is 2.40 bits per heavy atom. The van der Waals surface area contributed by atoms with Crippen LogP contribution in [0.5, 0.6) is 11.5 Å². The number of methoxy groups -OCH3 is 2. The van der Waals surface area contributed by atoms with E-state index in [4.69, 9.17) is 26.8 Å². The molecule has 0 aliphatic heterocycles. The minimum Gasteiger partial charge on any atom is -0.496 e. The van der Waals surface area contributed by atoms with Gasteiger partial charge in [-0.25, -0.2) is 0 Å². The fourth-order valence-corrected chi connectivity index (χ4v) is 2.17. The zero-order valence-corrected chi connectivity index (χ0v) is 11.9. The third kappa shape index (κ3) is 2.56. The van der Waals surface area contributed by atoms with E-state index in [9.17, 15) is 4.79 Å². The number of hydrogen-bond acceptors (Lipinski definition) is 4. The minimum absolute atomic E-state index is 0.246. The van der Waals surface area contributed by atoms with E-state index in [1.165, 1.54) is 14.2 Å². The van der Waals surface area contributed by atoms with E-state index in [2.05, 4.69) is 0 Å². The molecule has 0 saturated carbocycles. The van der Waals surface area contributed by atoms with Crippen molar-refractivity contribution in [3.63, 3.8) is 0 Å². The van der Waals surface area contributed by atoms with Gasteiger partial charge in [-0.3, -0.25) is 4.79 Å². The summed E-state index contributed by atoms with van der Waals surface area (Å²) in [7, 11) is 3.01. The molecule has 0 amide bonds. The molecule has 104 valence electrons. The average Bonchev–Trinajstić information content (AvgIpc) is 2.46. The van der Waals surface area contributed by atoms with Gasteiger partial charge in [-0.15, -0.1) is 0 Å². The molecule has 0 radical (unpaired) electrons. The Bertz CT molecular complexity index is 656. The summed E-state index contributed by atoms with van der Waals surface area (Å²) in [5.41, 5.74) is 6.99. The number of halogens is 1. The van der Waals surface area contributed by atoms with Crippen LogP contribution in [0, 0.1) is 0 Å². The minimum atomic E-state index is -0.246. The molecule has 0 saturated heterocycles. The maximum Gasteiger partial charge on any atom is 0.198 e. The summed E-state index contributed by atoms with van der Waals surface area (Å²) in [6, 6.07) is 9.90. The maximum absolute atomic E-state index is 12.5. The van der Waals surface area contributed by atoms with Crippen molar-refractivity contribution < 1.29 is 14.3 Å². The number of benzene rings is 2. The predicted octanol–water partition coefficient (Wildman–Crippen LogP) is 3.17. The third-order valence-corrected chi connectivity index (χ3v) is 3.21. The van der Waals surface area contributed by atoms with E-state index < -0.39 is 0 Å². The van der Waals surface area contributed by atoms with Crippen LogP contribution in [0.15, 0.2) is 36.4 Å². The molecule has 0 aliphatic rings. The van der Waals surface area contributed by atoms with Crippen LogP contribution in [0.2, 0.25) is 5.02 Å². The van der Waals surface area contributed by atoms with Crippen LogP contribution in [-0.4, -0.2) is 20.0 Å².